The van der Waals surface area contributed by atoms with Gasteiger partial charge in [0.15, 0.2) is 11.5 Å². The lowest BCUT2D eigenvalue weighted by atomic mass is 10.2. The first kappa shape index (κ1) is 13.6. The van der Waals surface area contributed by atoms with E-state index < -0.39 is 0 Å². The minimum Gasteiger partial charge on any atom is -0.493 e. The maximum absolute atomic E-state index is 11.5. The molecule has 0 saturated carbocycles. The molecule has 0 spiro atoms. The van der Waals surface area contributed by atoms with Gasteiger partial charge in [0.1, 0.15) is 6.61 Å². The summed E-state index contributed by atoms with van der Waals surface area (Å²) in [5.41, 5.74) is 0.428. The highest BCUT2D eigenvalue weighted by Gasteiger charge is 2.11. The van der Waals surface area contributed by atoms with Crippen LogP contribution in [-0.2, 0) is 4.74 Å². The molecule has 17 heavy (non-hydrogen) atoms. The molecule has 1 aromatic rings. The van der Waals surface area contributed by atoms with Gasteiger partial charge in [0.2, 0.25) is 0 Å². The standard InChI is InChI=1S/C12H15ClO4/c1-3-16-12(14)9-4-5-10(15-2)11(8-9)17-7-6-13/h4-5,8H,3,6-7H2,1-2H3. The number of rotatable bonds is 6. The molecule has 5 heteroatoms. The van der Waals surface area contributed by atoms with Crippen molar-refractivity contribution in [3.63, 3.8) is 0 Å². The van der Waals surface area contributed by atoms with Crippen molar-refractivity contribution in [2.24, 2.45) is 0 Å². The van der Waals surface area contributed by atoms with E-state index in [0.717, 1.165) is 0 Å². The Hall–Kier alpha value is -1.42. The van der Waals surface area contributed by atoms with E-state index in [-0.39, 0.29) is 5.97 Å². The van der Waals surface area contributed by atoms with E-state index in [4.69, 9.17) is 25.8 Å². The Morgan fingerprint density at radius 1 is 1.35 bits per heavy atom. The van der Waals surface area contributed by atoms with Gasteiger partial charge in [0.25, 0.3) is 0 Å². The van der Waals surface area contributed by atoms with Crippen LogP contribution >= 0.6 is 11.6 Å². The van der Waals surface area contributed by atoms with E-state index >= 15 is 0 Å². The summed E-state index contributed by atoms with van der Waals surface area (Å²) in [5.74, 6) is 1.03. The summed E-state index contributed by atoms with van der Waals surface area (Å²) in [5, 5.41) is 0. The Labute approximate surface area is 105 Å². The summed E-state index contributed by atoms with van der Waals surface area (Å²) >= 11 is 5.54. The number of methoxy groups -OCH3 is 1. The average Bonchev–Trinajstić information content (AvgIpc) is 2.36. The topological polar surface area (TPSA) is 44.8 Å². The van der Waals surface area contributed by atoms with Gasteiger partial charge in [-0.05, 0) is 25.1 Å². The van der Waals surface area contributed by atoms with E-state index in [1.54, 1.807) is 25.1 Å². The first-order valence-corrected chi connectivity index (χ1v) is 5.80. The number of carbonyl (C=O) groups is 1. The molecule has 4 nitrogen and oxygen atoms in total. The molecule has 1 rings (SSSR count). The summed E-state index contributed by atoms with van der Waals surface area (Å²) in [4.78, 5) is 11.5. The largest absolute Gasteiger partial charge is 0.493 e. The third kappa shape index (κ3) is 3.82. The van der Waals surface area contributed by atoms with Crippen LogP contribution in [0.5, 0.6) is 11.5 Å². The molecule has 0 fully saturated rings. The molecule has 0 radical (unpaired) electrons. The highest BCUT2D eigenvalue weighted by molar-refractivity contribution is 6.18. The van der Waals surface area contributed by atoms with Crippen LogP contribution < -0.4 is 9.47 Å². The minimum atomic E-state index is -0.383. The van der Waals surface area contributed by atoms with Gasteiger partial charge in [-0.1, -0.05) is 0 Å². The molecule has 0 aliphatic rings. The second kappa shape index (κ2) is 7.01. The smallest absolute Gasteiger partial charge is 0.338 e. The number of esters is 1. The lowest BCUT2D eigenvalue weighted by Crippen LogP contribution is -2.06. The normalized spacial score (nSPS) is 9.82. The first-order chi connectivity index (χ1) is 8.22. The fraction of sp³-hybridized carbons (Fsp3) is 0.417. The quantitative estimate of drug-likeness (QED) is 0.581. The van der Waals surface area contributed by atoms with Crippen molar-refractivity contribution in [2.75, 3.05) is 26.2 Å². The number of halogens is 1. The minimum absolute atomic E-state index is 0.336. The summed E-state index contributed by atoms with van der Waals surface area (Å²) in [6.45, 7) is 2.44. The molecule has 1 aromatic carbocycles. The van der Waals surface area contributed by atoms with Crippen LogP contribution in [0.3, 0.4) is 0 Å². The molecular formula is C12H15ClO4. The lowest BCUT2D eigenvalue weighted by molar-refractivity contribution is 0.0526. The Balaban J connectivity index is 2.91. The second-order valence-corrected chi connectivity index (χ2v) is 3.50. The number of carbonyl (C=O) groups excluding carboxylic acids is 1. The van der Waals surface area contributed by atoms with E-state index in [2.05, 4.69) is 0 Å². The van der Waals surface area contributed by atoms with Crippen LogP contribution in [0.1, 0.15) is 17.3 Å². The van der Waals surface area contributed by atoms with Gasteiger partial charge in [-0.25, -0.2) is 4.79 Å². The highest BCUT2D eigenvalue weighted by atomic mass is 35.5. The van der Waals surface area contributed by atoms with Crippen molar-refractivity contribution in [2.45, 2.75) is 6.92 Å². The van der Waals surface area contributed by atoms with Crippen molar-refractivity contribution in [3.8, 4) is 11.5 Å². The molecule has 0 aliphatic carbocycles. The van der Waals surface area contributed by atoms with Gasteiger partial charge in [-0.15, -0.1) is 11.6 Å². The predicted molar refractivity (Wildman–Crippen MR) is 65.2 cm³/mol. The van der Waals surface area contributed by atoms with Gasteiger partial charge in [-0.2, -0.15) is 0 Å². The van der Waals surface area contributed by atoms with Gasteiger partial charge >= 0.3 is 5.97 Å². The fourth-order valence-electron chi connectivity index (χ4n) is 1.28. The van der Waals surface area contributed by atoms with Crippen molar-refractivity contribution in [3.05, 3.63) is 23.8 Å². The van der Waals surface area contributed by atoms with Crippen LogP contribution in [0.4, 0.5) is 0 Å². The van der Waals surface area contributed by atoms with Gasteiger partial charge < -0.3 is 14.2 Å². The van der Waals surface area contributed by atoms with E-state index in [0.29, 0.717) is 36.2 Å². The maximum Gasteiger partial charge on any atom is 0.338 e. The van der Waals surface area contributed by atoms with E-state index in [1.807, 2.05) is 0 Å². The van der Waals surface area contributed by atoms with E-state index in [9.17, 15) is 4.79 Å². The Morgan fingerprint density at radius 2 is 2.12 bits per heavy atom. The van der Waals surface area contributed by atoms with Crippen LogP contribution in [0.2, 0.25) is 0 Å². The predicted octanol–water partition coefficient (Wildman–Crippen LogP) is 2.49. The maximum atomic E-state index is 11.5. The molecule has 0 bridgehead atoms. The molecule has 0 atom stereocenters. The van der Waals surface area contributed by atoms with Crippen LogP contribution in [0.25, 0.3) is 0 Å². The second-order valence-electron chi connectivity index (χ2n) is 3.12. The van der Waals surface area contributed by atoms with E-state index in [1.165, 1.54) is 7.11 Å². The summed E-state index contributed by atoms with van der Waals surface area (Å²) in [7, 11) is 1.53. The first-order valence-electron chi connectivity index (χ1n) is 5.26. The zero-order chi connectivity index (χ0) is 12.7. The Kier molecular flexibility index (Phi) is 5.63. The molecule has 0 aliphatic heterocycles. The number of benzene rings is 1. The number of ether oxygens (including phenoxy) is 3. The molecule has 0 saturated heterocycles. The number of hydrogen-bond donors (Lipinski definition) is 0. The van der Waals surface area contributed by atoms with Crippen LogP contribution in [-0.4, -0.2) is 32.2 Å². The molecule has 0 aromatic heterocycles. The molecule has 0 N–H and O–H groups in total. The molecule has 0 unspecified atom stereocenters. The van der Waals surface area contributed by atoms with Crippen molar-refractivity contribution >= 4 is 17.6 Å². The summed E-state index contributed by atoms with van der Waals surface area (Å²) in [6.07, 6.45) is 0. The van der Waals surface area contributed by atoms with Crippen molar-refractivity contribution in [1.29, 1.82) is 0 Å². The third-order valence-electron chi connectivity index (χ3n) is 2.01. The number of hydrogen-bond acceptors (Lipinski definition) is 4. The molecular weight excluding hydrogens is 244 g/mol. The monoisotopic (exact) mass is 258 g/mol. The molecule has 94 valence electrons. The van der Waals surface area contributed by atoms with Crippen molar-refractivity contribution in [1.82, 2.24) is 0 Å². The van der Waals surface area contributed by atoms with Gasteiger partial charge in [-0.3, -0.25) is 0 Å². The van der Waals surface area contributed by atoms with Crippen LogP contribution in [0.15, 0.2) is 18.2 Å². The molecule has 0 heterocycles. The fourth-order valence-corrected chi connectivity index (χ4v) is 1.36. The zero-order valence-electron chi connectivity index (χ0n) is 9.86. The highest BCUT2D eigenvalue weighted by Crippen LogP contribution is 2.28. The van der Waals surface area contributed by atoms with Crippen LogP contribution in [0, 0.1) is 0 Å². The van der Waals surface area contributed by atoms with Crippen molar-refractivity contribution < 1.29 is 19.0 Å². The molecule has 0 amide bonds. The number of alkyl halides is 1. The van der Waals surface area contributed by atoms with Gasteiger partial charge in [0.05, 0.1) is 25.2 Å². The average molecular weight is 259 g/mol. The SMILES string of the molecule is CCOC(=O)c1ccc(OC)c(OCCCl)c1. The zero-order valence-corrected chi connectivity index (χ0v) is 10.6. The Morgan fingerprint density at radius 3 is 2.71 bits per heavy atom. The lowest BCUT2D eigenvalue weighted by Gasteiger charge is -2.11. The van der Waals surface area contributed by atoms with Gasteiger partial charge in [0, 0.05) is 0 Å². The third-order valence-corrected chi connectivity index (χ3v) is 2.16. The Bertz CT molecular complexity index is 379. The summed E-state index contributed by atoms with van der Waals surface area (Å²) in [6, 6.07) is 4.88. The summed E-state index contributed by atoms with van der Waals surface area (Å²) < 4.78 is 15.4.